The van der Waals surface area contributed by atoms with E-state index in [-0.39, 0.29) is 18.2 Å². The van der Waals surface area contributed by atoms with E-state index in [0.29, 0.717) is 35.8 Å². The number of carboxylic acids is 1. The molecule has 2 aromatic rings. The number of rotatable bonds is 6. The summed E-state index contributed by atoms with van der Waals surface area (Å²) in [6.45, 7) is 5.83. The summed E-state index contributed by atoms with van der Waals surface area (Å²) < 4.78 is 6.14. The van der Waals surface area contributed by atoms with Crippen molar-refractivity contribution in [2.45, 2.75) is 38.3 Å². The number of hydrogen-bond acceptors (Lipinski definition) is 4. The highest BCUT2D eigenvalue weighted by molar-refractivity contribution is 5.95. The Kier molecular flexibility index (Phi) is 6.97. The zero-order chi connectivity index (χ0) is 23.4. The predicted molar refractivity (Wildman–Crippen MR) is 126 cm³/mol. The lowest BCUT2D eigenvalue weighted by Gasteiger charge is -2.46. The second-order valence-electron chi connectivity index (χ2n) is 8.95. The fraction of sp³-hybridized carbons (Fsp3) is 0.440. The SMILES string of the molecule is CC1COCC[N+]1(c1cccc(C2CCNCC2)c1)c1cc(CNC(=O)O)ccc1C(=O)O. The Balaban J connectivity index is 1.85. The number of amides is 1. The molecule has 2 fully saturated rings. The normalized spacial score (nSPS) is 23.7. The van der Waals surface area contributed by atoms with Gasteiger partial charge in [0.05, 0.1) is 13.2 Å². The van der Waals surface area contributed by atoms with Gasteiger partial charge in [-0.1, -0.05) is 18.2 Å². The first-order valence-corrected chi connectivity index (χ1v) is 11.5. The molecule has 176 valence electrons. The third-order valence-electron chi connectivity index (χ3n) is 7.01. The van der Waals surface area contributed by atoms with Gasteiger partial charge in [0.15, 0.2) is 5.69 Å². The Labute approximate surface area is 193 Å². The Bertz CT molecular complexity index is 1020. The molecule has 2 aliphatic rings. The Morgan fingerprint density at radius 3 is 2.64 bits per heavy atom. The van der Waals surface area contributed by atoms with Crippen LogP contribution in [0.4, 0.5) is 16.2 Å². The molecular formula is C25H32N3O5+. The standard InChI is InChI=1S/C25H31N3O5/c1-17-16-33-12-11-28(17,21-4-2-3-20(14-21)19-7-9-26-10-8-19)23-13-18(15-27-25(31)32)5-6-22(23)24(29)30/h2-6,13-14,17,19,26-27H,7-12,15-16H2,1H3,(H-,29,30,31,32)/p+1. The third-order valence-corrected chi connectivity index (χ3v) is 7.01. The number of nitrogens with one attached hydrogen (secondary N) is 2. The van der Waals surface area contributed by atoms with Gasteiger partial charge in [0.2, 0.25) is 0 Å². The van der Waals surface area contributed by atoms with Crippen molar-refractivity contribution < 1.29 is 24.5 Å². The minimum Gasteiger partial charge on any atom is -0.477 e. The molecule has 0 aliphatic carbocycles. The summed E-state index contributed by atoms with van der Waals surface area (Å²) in [4.78, 5) is 23.3. The molecule has 8 nitrogen and oxygen atoms in total. The van der Waals surface area contributed by atoms with Crippen LogP contribution in [0.15, 0.2) is 42.5 Å². The van der Waals surface area contributed by atoms with Crippen LogP contribution in [0.3, 0.4) is 0 Å². The van der Waals surface area contributed by atoms with Crippen LogP contribution < -0.4 is 15.1 Å². The quantitative estimate of drug-likeness (QED) is 0.496. The Morgan fingerprint density at radius 2 is 1.94 bits per heavy atom. The third kappa shape index (κ3) is 4.73. The first-order chi connectivity index (χ1) is 15.9. The number of hydrogen-bond donors (Lipinski definition) is 4. The molecular weight excluding hydrogens is 422 g/mol. The van der Waals surface area contributed by atoms with Crippen LogP contribution in [0.25, 0.3) is 0 Å². The smallest absolute Gasteiger partial charge is 0.404 e. The van der Waals surface area contributed by atoms with E-state index in [1.54, 1.807) is 12.1 Å². The van der Waals surface area contributed by atoms with Crippen molar-refractivity contribution in [2.75, 3.05) is 32.8 Å². The van der Waals surface area contributed by atoms with Gasteiger partial charge in [0.25, 0.3) is 0 Å². The van der Waals surface area contributed by atoms with Crippen molar-refractivity contribution in [1.29, 1.82) is 0 Å². The van der Waals surface area contributed by atoms with Gasteiger partial charge in [-0.3, -0.25) is 4.48 Å². The lowest BCUT2D eigenvalue weighted by molar-refractivity contribution is 0.0284. The molecule has 0 saturated carbocycles. The molecule has 8 heteroatoms. The van der Waals surface area contributed by atoms with E-state index in [9.17, 15) is 14.7 Å². The fourth-order valence-corrected chi connectivity index (χ4v) is 5.25. The maximum Gasteiger partial charge on any atom is 0.404 e. The highest BCUT2D eigenvalue weighted by Crippen LogP contribution is 2.43. The van der Waals surface area contributed by atoms with Crippen LogP contribution in [0, 0.1) is 0 Å². The lowest BCUT2D eigenvalue weighted by atomic mass is 9.89. The van der Waals surface area contributed by atoms with Crippen LogP contribution >= 0.6 is 0 Å². The maximum atomic E-state index is 12.3. The van der Waals surface area contributed by atoms with Crippen molar-refractivity contribution in [2.24, 2.45) is 0 Å². The fourth-order valence-electron chi connectivity index (χ4n) is 5.25. The average Bonchev–Trinajstić information content (AvgIpc) is 2.83. The summed E-state index contributed by atoms with van der Waals surface area (Å²) in [5, 5.41) is 24.9. The molecule has 4 rings (SSSR count). The molecule has 2 aliphatic heterocycles. The van der Waals surface area contributed by atoms with Crippen LogP contribution in [0.2, 0.25) is 0 Å². The summed E-state index contributed by atoms with van der Waals surface area (Å²) >= 11 is 0. The van der Waals surface area contributed by atoms with Gasteiger partial charge >= 0.3 is 12.1 Å². The monoisotopic (exact) mass is 454 g/mol. The summed E-state index contributed by atoms with van der Waals surface area (Å²) in [5.74, 6) is -0.513. The molecule has 0 aromatic heterocycles. The van der Waals surface area contributed by atoms with Crippen molar-refractivity contribution in [3.8, 4) is 0 Å². The van der Waals surface area contributed by atoms with Crippen LogP contribution in [0.5, 0.6) is 0 Å². The summed E-state index contributed by atoms with van der Waals surface area (Å²) in [5.41, 5.74) is 3.96. The van der Waals surface area contributed by atoms with E-state index in [4.69, 9.17) is 9.84 Å². The summed E-state index contributed by atoms with van der Waals surface area (Å²) in [6.07, 6.45) is 1.05. The largest absolute Gasteiger partial charge is 0.477 e. The van der Waals surface area contributed by atoms with E-state index >= 15 is 0 Å². The van der Waals surface area contributed by atoms with Crippen molar-refractivity contribution >= 4 is 23.4 Å². The van der Waals surface area contributed by atoms with Gasteiger partial charge in [-0.05, 0) is 62.0 Å². The van der Waals surface area contributed by atoms with Gasteiger partial charge in [-0.25, -0.2) is 9.59 Å². The molecule has 0 radical (unpaired) electrons. The molecule has 2 saturated heterocycles. The van der Waals surface area contributed by atoms with Crippen molar-refractivity contribution in [3.63, 3.8) is 0 Å². The number of ether oxygens (including phenoxy) is 1. The topological polar surface area (TPSA) is 108 Å². The van der Waals surface area contributed by atoms with Gasteiger partial charge in [-0.15, -0.1) is 0 Å². The molecule has 0 spiro atoms. The first kappa shape index (κ1) is 23.2. The van der Waals surface area contributed by atoms with Gasteiger partial charge < -0.3 is 25.6 Å². The van der Waals surface area contributed by atoms with Crippen molar-refractivity contribution in [1.82, 2.24) is 15.1 Å². The number of piperidine rings is 1. The molecule has 2 heterocycles. The Hall–Kier alpha value is -2.94. The van der Waals surface area contributed by atoms with E-state index in [0.717, 1.165) is 37.2 Å². The molecule has 33 heavy (non-hydrogen) atoms. The number of quaternary nitrogens is 1. The molecule has 2 unspecified atom stereocenters. The summed E-state index contributed by atoms with van der Waals surface area (Å²) in [7, 11) is 0. The van der Waals surface area contributed by atoms with E-state index in [1.165, 1.54) is 5.56 Å². The van der Waals surface area contributed by atoms with Gasteiger partial charge in [0, 0.05) is 18.7 Å². The van der Waals surface area contributed by atoms with Crippen LogP contribution in [-0.2, 0) is 11.3 Å². The Morgan fingerprint density at radius 1 is 1.15 bits per heavy atom. The van der Waals surface area contributed by atoms with Gasteiger partial charge in [-0.2, -0.15) is 0 Å². The van der Waals surface area contributed by atoms with Crippen LogP contribution in [-0.4, -0.2) is 61.2 Å². The molecule has 4 N–H and O–H groups in total. The number of aromatic carboxylic acids is 1. The molecule has 1 amide bonds. The zero-order valence-corrected chi connectivity index (χ0v) is 18.9. The second kappa shape index (κ2) is 9.91. The second-order valence-corrected chi connectivity index (χ2v) is 8.95. The maximum absolute atomic E-state index is 12.3. The minimum absolute atomic E-state index is 0.0113. The van der Waals surface area contributed by atoms with Crippen LogP contribution in [0.1, 0.15) is 47.2 Å². The molecule has 2 aromatic carbocycles. The highest BCUT2D eigenvalue weighted by Gasteiger charge is 2.44. The number of carbonyl (C=O) groups is 2. The van der Waals surface area contributed by atoms with Gasteiger partial charge in [0.1, 0.15) is 23.8 Å². The number of nitrogens with zero attached hydrogens (tertiary/aromatic N) is 1. The van der Waals surface area contributed by atoms with E-state index in [2.05, 4.69) is 41.8 Å². The number of benzene rings is 2. The lowest BCUT2D eigenvalue weighted by Crippen LogP contribution is -2.59. The van der Waals surface area contributed by atoms with E-state index < -0.39 is 12.1 Å². The first-order valence-electron chi connectivity index (χ1n) is 11.5. The predicted octanol–water partition coefficient (Wildman–Crippen LogP) is 3.68. The minimum atomic E-state index is -1.11. The number of morpholine rings is 1. The number of carboxylic acid groups (broad SMARTS) is 2. The van der Waals surface area contributed by atoms with Crippen molar-refractivity contribution in [3.05, 3.63) is 59.2 Å². The average molecular weight is 455 g/mol. The molecule has 0 bridgehead atoms. The highest BCUT2D eigenvalue weighted by atomic mass is 16.5. The zero-order valence-electron chi connectivity index (χ0n) is 18.9. The molecule has 2 atom stereocenters. The van der Waals surface area contributed by atoms with E-state index in [1.807, 2.05) is 6.07 Å². The summed E-state index contributed by atoms with van der Waals surface area (Å²) in [6, 6.07) is 13.7.